The van der Waals surface area contributed by atoms with Crippen molar-refractivity contribution in [1.82, 2.24) is 20.6 Å². The van der Waals surface area contributed by atoms with Crippen molar-refractivity contribution >= 4 is 32.7 Å². The van der Waals surface area contributed by atoms with Crippen molar-refractivity contribution in [2.24, 2.45) is 0 Å². The van der Waals surface area contributed by atoms with Crippen LogP contribution in [-0.4, -0.2) is 29.0 Å². The molecular weight excluding hydrogens is 396 g/mol. The van der Waals surface area contributed by atoms with E-state index < -0.39 is 15.7 Å². The molecule has 0 saturated carbocycles. The fourth-order valence-corrected chi connectivity index (χ4v) is 3.53. The van der Waals surface area contributed by atoms with Crippen LogP contribution in [0.4, 0.5) is 0 Å². The zero-order valence-electron chi connectivity index (χ0n) is 13.3. The van der Waals surface area contributed by atoms with Crippen molar-refractivity contribution in [2.75, 3.05) is 0 Å². The van der Waals surface area contributed by atoms with Gasteiger partial charge in [-0.3, -0.25) is 0 Å². The third-order valence-corrected chi connectivity index (χ3v) is 5.19. The van der Waals surface area contributed by atoms with Gasteiger partial charge in [-0.25, -0.2) is 4.79 Å². The lowest BCUT2D eigenvalue weighted by atomic mass is 10.2. The molecule has 4 aromatic rings. The van der Waals surface area contributed by atoms with Crippen LogP contribution < -0.4 is 9.81 Å². The zero-order chi connectivity index (χ0) is 19.0. The molecule has 27 heavy (non-hydrogen) atoms. The summed E-state index contributed by atoms with van der Waals surface area (Å²) in [7, 11) is -4.19. The zero-order valence-corrected chi connectivity index (χ0v) is 14.9. The minimum atomic E-state index is -4.19. The minimum Gasteiger partial charge on any atom is -0.423 e. The van der Waals surface area contributed by atoms with Crippen LogP contribution in [0.1, 0.15) is 0 Å². The summed E-state index contributed by atoms with van der Waals surface area (Å²) in [6.45, 7) is 0. The summed E-state index contributed by atoms with van der Waals surface area (Å²) in [5, 5.41) is 14.2. The number of H-pyrrole nitrogens is 1. The van der Waals surface area contributed by atoms with E-state index in [0.717, 1.165) is 0 Å². The van der Waals surface area contributed by atoms with Crippen molar-refractivity contribution in [3.8, 4) is 17.1 Å². The standard InChI is InChI=1S/C16H9ClN4O5S/c17-13-5-4-11(8-12(13)16-18-20-21-19-16)27(23,24)26-10-3-1-9-2-6-15(22)25-14(9)7-10/h1-8H,(H,18,19,20,21). The van der Waals surface area contributed by atoms with Gasteiger partial charge in [0.2, 0.25) is 5.82 Å². The van der Waals surface area contributed by atoms with E-state index in [1.807, 2.05) is 0 Å². The normalized spacial score (nSPS) is 11.6. The predicted molar refractivity (Wildman–Crippen MR) is 94.9 cm³/mol. The summed E-state index contributed by atoms with van der Waals surface area (Å²) in [5.41, 5.74) is -0.0663. The molecule has 0 aliphatic rings. The Kier molecular flexibility index (Phi) is 4.13. The van der Waals surface area contributed by atoms with E-state index in [9.17, 15) is 13.2 Å². The van der Waals surface area contributed by atoms with E-state index in [4.69, 9.17) is 20.2 Å². The Morgan fingerprint density at radius 3 is 2.67 bits per heavy atom. The number of aromatic amines is 1. The van der Waals surface area contributed by atoms with E-state index >= 15 is 0 Å². The van der Waals surface area contributed by atoms with Crippen molar-refractivity contribution < 1.29 is 17.0 Å². The number of rotatable bonds is 4. The van der Waals surface area contributed by atoms with Crippen molar-refractivity contribution in [3.05, 3.63) is 64.0 Å². The molecule has 2 aromatic heterocycles. The Balaban J connectivity index is 1.72. The van der Waals surface area contributed by atoms with Gasteiger partial charge in [-0.1, -0.05) is 11.6 Å². The molecule has 2 heterocycles. The molecule has 0 bridgehead atoms. The Bertz CT molecular complexity index is 1300. The van der Waals surface area contributed by atoms with Gasteiger partial charge in [0.15, 0.2) is 0 Å². The maximum absolute atomic E-state index is 12.6. The van der Waals surface area contributed by atoms with Gasteiger partial charge in [-0.05, 0) is 41.6 Å². The maximum atomic E-state index is 12.6. The van der Waals surface area contributed by atoms with Crippen LogP contribution in [0.2, 0.25) is 5.02 Å². The first-order chi connectivity index (χ1) is 12.9. The van der Waals surface area contributed by atoms with Gasteiger partial charge in [0.05, 0.1) is 5.02 Å². The largest absolute Gasteiger partial charge is 0.423 e. The number of nitrogens with one attached hydrogen (secondary N) is 1. The maximum Gasteiger partial charge on any atom is 0.339 e. The highest BCUT2D eigenvalue weighted by molar-refractivity contribution is 7.87. The van der Waals surface area contributed by atoms with Gasteiger partial charge in [0.25, 0.3) is 0 Å². The number of aromatic nitrogens is 4. The van der Waals surface area contributed by atoms with E-state index in [2.05, 4.69) is 20.6 Å². The Labute approximate surface area is 156 Å². The molecule has 0 atom stereocenters. The molecule has 11 heteroatoms. The van der Waals surface area contributed by atoms with Crippen LogP contribution in [0.5, 0.6) is 5.75 Å². The molecule has 0 aliphatic carbocycles. The molecule has 1 N–H and O–H groups in total. The highest BCUT2D eigenvalue weighted by atomic mass is 35.5. The van der Waals surface area contributed by atoms with E-state index in [1.54, 1.807) is 12.1 Å². The Hall–Kier alpha value is -3.24. The van der Waals surface area contributed by atoms with Gasteiger partial charge in [-0.15, -0.1) is 10.2 Å². The number of halogens is 1. The first-order valence-corrected chi connectivity index (χ1v) is 9.23. The molecule has 4 rings (SSSR count). The predicted octanol–water partition coefficient (Wildman–Crippen LogP) is 2.39. The molecule has 0 amide bonds. The average molecular weight is 405 g/mol. The van der Waals surface area contributed by atoms with Crippen LogP contribution in [0, 0.1) is 0 Å². The highest BCUT2D eigenvalue weighted by Crippen LogP contribution is 2.29. The van der Waals surface area contributed by atoms with Crippen LogP contribution in [0.3, 0.4) is 0 Å². The van der Waals surface area contributed by atoms with Crippen molar-refractivity contribution in [3.63, 3.8) is 0 Å². The number of hydrogen-bond donors (Lipinski definition) is 1. The van der Waals surface area contributed by atoms with Gasteiger partial charge in [0, 0.05) is 23.1 Å². The fourth-order valence-electron chi connectivity index (χ4n) is 2.37. The summed E-state index contributed by atoms with van der Waals surface area (Å²) in [6, 6.07) is 11.2. The number of benzene rings is 2. The minimum absolute atomic E-state index is 0.00656. The van der Waals surface area contributed by atoms with Crippen LogP contribution in [-0.2, 0) is 10.1 Å². The van der Waals surface area contributed by atoms with E-state index in [1.165, 1.54) is 36.4 Å². The number of hydrogen-bond acceptors (Lipinski definition) is 8. The molecule has 0 spiro atoms. The number of fused-ring (bicyclic) bond motifs is 1. The SMILES string of the molecule is O=c1ccc2ccc(OS(=O)(=O)c3ccc(Cl)c(-c4nn[nH]n4)c3)cc2o1. The molecule has 0 radical (unpaired) electrons. The van der Waals surface area contributed by atoms with E-state index in [-0.39, 0.29) is 32.6 Å². The second-order valence-electron chi connectivity index (χ2n) is 5.37. The lowest BCUT2D eigenvalue weighted by Crippen LogP contribution is -2.10. The molecule has 2 aromatic carbocycles. The quantitative estimate of drug-likeness (QED) is 0.405. The molecular formula is C16H9ClN4O5S. The molecule has 9 nitrogen and oxygen atoms in total. The van der Waals surface area contributed by atoms with Gasteiger partial charge in [-0.2, -0.15) is 13.6 Å². The Morgan fingerprint density at radius 1 is 1.07 bits per heavy atom. The molecule has 0 unspecified atom stereocenters. The topological polar surface area (TPSA) is 128 Å². The first kappa shape index (κ1) is 17.2. The first-order valence-electron chi connectivity index (χ1n) is 7.44. The third kappa shape index (κ3) is 3.39. The molecule has 0 aliphatic heterocycles. The van der Waals surface area contributed by atoms with Crippen LogP contribution in [0.15, 0.2) is 62.6 Å². The molecule has 0 saturated heterocycles. The monoisotopic (exact) mass is 404 g/mol. The average Bonchev–Trinajstić information content (AvgIpc) is 3.15. The highest BCUT2D eigenvalue weighted by Gasteiger charge is 2.20. The summed E-state index contributed by atoms with van der Waals surface area (Å²) in [6.07, 6.45) is 0. The number of nitrogens with zero attached hydrogens (tertiary/aromatic N) is 3. The van der Waals surface area contributed by atoms with Crippen molar-refractivity contribution in [2.45, 2.75) is 4.90 Å². The lowest BCUT2D eigenvalue weighted by molar-refractivity contribution is 0.485. The summed E-state index contributed by atoms with van der Waals surface area (Å²) >= 11 is 6.08. The second kappa shape index (κ2) is 6.49. The third-order valence-electron chi connectivity index (χ3n) is 3.61. The summed E-state index contributed by atoms with van der Waals surface area (Å²) in [4.78, 5) is 11.2. The smallest absolute Gasteiger partial charge is 0.339 e. The summed E-state index contributed by atoms with van der Waals surface area (Å²) in [5.74, 6) is 0.137. The molecule has 0 fully saturated rings. The molecule has 136 valence electrons. The van der Waals surface area contributed by atoms with Crippen molar-refractivity contribution in [1.29, 1.82) is 0 Å². The second-order valence-corrected chi connectivity index (χ2v) is 7.32. The Morgan fingerprint density at radius 2 is 1.89 bits per heavy atom. The summed E-state index contributed by atoms with van der Waals surface area (Å²) < 4.78 is 35.4. The van der Waals surface area contributed by atoms with Crippen LogP contribution in [0.25, 0.3) is 22.4 Å². The number of tetrazole rings is 1. The van der Waals surface area contributed by atoms with Crippen LogP contribution >= 0.6 is 11.6 Å². The van der Waals surface area contributed by atoms with Gasteiger partial charge < -0.3 is 8.60 Å². The van der Waals surface area contributed by atoms with E-state index in [0.29, 0.717) is 5.39 Å². The van der Waals surface area contributed by atoms with Gasteiger partial charge in [0.1, 0.15) is 16.2 Å². The lowest BCUT2D eigenvalue weighted by Gasteiger charge is -2.09. The van der Waals surface area contributed by atoms with Gasteiger partial charge >= 0.3 is 15.7 Å². The fraction of sp³-hybridized carbons (Fsp3) is 0.